The highest BCUT2D eigenvalue weighted by atomic mass is 16.3. The van der Waals surface area contributed by atoms with Crippen molar-refractivity contribution in [2.24, 2.45) is 11.8 Å². The molecule has 0 unspecified atom stereocenters. The van der Waals surface area contributed by atoms with Crippen LogP contribution in [-0.4, -0.2) is 65.4 Å². The molecule has 1 saturated carbocycles. The summed E-state index contributed by atoms with van der Waals surface area (Å²) in [7, 11) is 0. The number of piperazine rings is 1. The molecular formula is C33H50N2O3. The number of carbonyl (C=O) groups excluding carboxylic acids is 2. The van der Waals surface area contributed by atoms with Crippen molar-refractivity contribution in [3.63, 3.8) is 0 Å². The number of benzene rings is 1. The molecule has 38 heavy (non-hydrogen) atoms. The Labute approximate surface area is 231 Å². The van der Waals surface area contributed by atoms with Gasteiger partial charge in [0.2, 0.25) is 5.91 Å². The number of hydrogen-bond acceptors (Lipinski definition) is 4. The second kappa shape index (κ2) is 17.4. The fraction of sp³-hybridized carbons (Fsp3) is 0.636. The van der Waals surface area contributed by atoms with E-state index >= 15 is 0 Å². The van der Waals surface area contributed by atoms with Crippen molar-refractivity contribution in [1.29, 1.82) is 0 Å². The zero-order valence-electron chi connectivity index (χ0n) is 23.6. The van der Waals surface area contributed by atoms with Gasteiger partial charge in [0.05, 0.1) is 6.10 Å². The van der Waals surface area contributed by atoms with Gasteiger partial charge < -0.3 is 10.0 Å². The van der Waals surface area contributed by atoms with E-state index in [0.29, 0.717) is 18.6 Å². The lowest BCUT2D eigenvalue weighted by atomic mass is 9.89. The number of ketones is 1. The topological polar surface area (TPSA) is 60.9 Å². The van der Waals surface area contributed by atoms with Crippen LogP contribution in [0.4, 0.5) is 0 Å². The zero-order valence-corrected chi connectivity index (χ0v) is 23.6. The molecule has 0 radical (unpaired) electrons. The quantitative estimate of drug-likeness (QED) is 0.205. The van der Waals surface area contributed by atoms with Crippen LogP contribution in [0.25, 0.3) is 6.08 Å². The number of aliphatic hydroxyl groups excluding tert-OH is 1. The molecule has 1 aromatic carbocycles. The maximum Gasteiger partial charge on any atom is 0.222 e. The maximum absolute atomic E-state index is 12.7. The smallest absolute Gasteiger partial charge is 0.222 e. The number of nitrogens with zero attached hydrogens (tertiary/aromatic N) is 2. The van der Waals surface area contributed by atoms with E-state index in [1.165, 1.54) is 5.56 Å². The number of aliphatic hydroxyl groups is 1. The fourth-order valence-electron chi connectivity index (χ4n) is 5.74. The number of allylic oxidation sites excluding steroid dienone is 1. The molecule has 0 spiro atoms. The Hall–Kier alpha value is -2.24. The van der Waals surface area contributed by atoms with Crippen LogP contribution in [0.5, 0.6) is 0 Å². The Morgan fingerprint density at radius 3 is 2.55 bits per heavy atom. The van der Waals surface area contributed by atoms with Gasteiger partial charge in [-0.15, -0.1) is 0 Å². The van der Waals surface area contributed by atoms with Crippen molar-refractivity contribution in [2.45, 2.75) is 90.1 Å². The van der Waals surface area contributed by atoms with E-state index in [0.717, 1.165) is 96.9 Å². The Kier molecular flexibility index (Phi) is 13.9. The Morgan fingerprint density at radius 2 is 1.79 bits per heavy atom. The Morgan fingerprint density at radius 1 is 1.03 bits per heavy atom. The molecule has 2 aliphatic rings. The first-order valence-corrected chi connectivity index (χ1v) is 15.2. The van der Waals surface area contributed by atoms with Gasteiger partial charge in [-0.3, -0.25) is 14.5 Å². The molecule has 1 N–H and O–H groups in total. The summed E-state index contributed by atoms with van der Waals surface area (Å²) in [5.41, 5.74) is 1.22. The highest BCUT2D eigenvalue weighted by molar-refractivity contribution is 5.83. The predicted molar refractivity (Wildman–Crippen MR) is 157 cm³/mol. The van der Waals surface area contributed by atoms with Crippen molar-refractivity contribution in [3.8, 4) is 0 Å². The van der Waals surface area contributed by atoms with Crippen molar-refractivity contribution >= 4 is 17.8 Å². The van der Waals surface area contributed by atoms with Gasteiger partial charge >= 0.3 is 0 Å². The van der Waals surface area contributed by atoms with Crippen molar-refractivity contribution in [1.82, 2.24) is 9.80 Å². The van der Waals surface area contributed by atoms with Gasteiger partial charge in [0.25, 0.3) is 0 Å². The molecule has 0 aromatic heterocycles. The van der Waals surface area contributed by atoms with Crippen LogP contribution >= 0.6 is 0 Å². The van der Waals surface area contributed by atoms with Crippen LogP contribution in [0, 0.1) is 11.8 Å². The van der Waals surface area contributed by atoms with Gasteiger partial charge in [0, 0.05) is 51.5 Å². The lowest BCUT2D eigenvalue weighted by molar-refractivity contribution is -0.133. The first-order valence-electron chi connectivity index (χ1n) is 15.2. The van der Waals surface area contributed by atoms with Gasteiger partial charge in [-0.25, -0.2) is 0 Å². The highest BCUT2D eigenvalue weighted by Crippen LogP contribution is 2.34. The molecule has 1 aromatic rings. The Bertz CT molecular complexity index is 873. The summed E-state index contributed by atoms with van der Waals surface area (Å²) < 4.78 is 0. The first-order chi connectivity index (χ1) is 18.6. The summed E-state index contributed by atoms with van der Waals surface area (Å²) in [4.78, 5) is 29.5. The van der Waals surface area contributed by atoms with Gasteiger partial charge in [0.1, 0.15) is 5.78 Å². The minimum Gasteiger partial charge on any atom is -0.389 e. The van der Waals surface area contributed by atoms with E-state index in [1.807, 2.05) is 17.0 Å². The number of hydrogen-bond donors (Lipinski definition) is 1. The molecule has 1 heterocycles. The third-order valence-electron chi connectivity index (χ3n) is 8.19. The maximum atomic E-state index is 12.7. The third kappa shape index (κ3) is 10.9. The molecule has 5 heteroatoms. The van der Waals surface area contributed by atoms with Crippen LogP contribution in [-0.2, 0) is 9.59 Å². The SMILES string of the molecule is CCCCC[C@H](O)C=C[C@@H]1CCC(=O)[C@@H]1CCCCCCC(=O)N1CCN(CC=Cc2ccccc2)CC1. The van der Waals surface area contributed by atoms with E-state index in [4.69, 9.17) is 0 Å². The van der Waals surface area contributed by atoms with Gasteiger partial charge in [0.15, 0.2) is 0 Å². The molecule has 1 saturated heterocycles. The molecule has 3 rings (SSSR count). The standard InChI is InChI=1S/C33H50N2O3/c1-2-3-7-16-30(36)21-19-29-20-22-32(37)31(29)17-10-4-5-11-18-33(38)35-26-24-34(25-27-35)23-12-15-28-13-8-6-9-14-28/h6,8-9,12-15,19,21,29-31,36H,2-5,7,10-11,16-18,20,22-27H2,1H3/t29-,30+,31-/m1/s1. The first kappa shape index (κ1) is 30.3. The van der Waals surface area contributed by atoms with Crippen LogP contribution in [0.3, 0.4) is 0 Å². The lowest BCUT2D eigenvalue weighted by Crippen LogP contribution is -2.48. The molecule has 1 aliphatic heterocycles. The van der Waals surface area contributed by atoms with Crippen LogP contribution in [0.1, 0.15) is 89.5 Å². The predicted octanol–water partition coefficient (Wildman–Crippen LogP) is 6.28. The largest absolute Gasteiger partial charge is 0.389 e. The number of carbonyl (C=O) groups is 2. The minimum absolute atomic E-state index is 0.120. The lowest BCUT2D eigenvalue weighted by Gasteiger charge is -2.34. The monoisotopic (exact) mass is 522 g/mol. The van der Waals surface area contributed by atoms with Gasteiger partial charge in [-0.1, -0.05) is 100 Å². The van der Waals surface area contributed by atoms with Crippen LogP contribution < -0.4 is 0 Å². The zero-order chi connectivity index (χ0) is 27.0. The molecule has 2 fully saturated rings. The summed E-state index contributed by atoms with van der Waals surface area (Å²) >= 11 is 0. The number of unbranched alkanes of at least 4 members (excludes halogenated alkanes) is 5. The van der Waals surface area contributed by atoms with Crippen LogP contribution in [0.2, 0.25) is 0 Å². The van der Waals surface area contributed by atoms with E-state index in [2.05, 4.69) is 54.3 Å². The van der Waals surface area contributed by atoms with Gasteiger partial charge in [-0.05, 0) is 37.2 Å². The van der Waals surface area contributed by atoms with Crippen molar-refractivity contribution in [3.05, 3.63) is 54.1 Å². The molecule has 1 amide bonds. The number of rotatable bonds is 16. The van der Waals surface area contributed by atoms with E-state index < -0.39 is 0 Å². The summed E-state index contributed by atoms with van der Waals surface area (Å²) in [5, 5.41) is 10.2. The summed E-state index contributed by atoms with van der Waals surface area (Å²) in [6.45, 7) is 6.62. The normalized spacial score (nSPS) is 21.6. The minimum atomic E-state index is -0.380. The summed E-state index contributed by atoms with van der Waals surface area (Å²) in [6.07, 6.45) is 19.5. The molecule has 0 bridgehead atoms. The average molecular weight is 523 g/mol. The summed E-state index contributed by atoms with van der Waals surface area (Å²) in [5.74, 6) is 1.09. The molecule has 1 aliphatic carbocycles. The third-order valence-corrected chi connectivity index (χ3v) is 8.19. The second-order valence-corrected chi connectivity index (χ2v) is 11.2. The molecule has 210 valence electrons. The van der Waals surface area contributed by atoms with E-state index in [1.54, 1.807) is 0 Å². The number of Topliss-reactive ketones (excluding diaryl/α,β-unsaturated/α-hetero) is 1. The second-order valence-electron chi connectivity index (χ2n) is 11.2. The highest BCUT2D eigenvalue weighted by Gasteiger charge is 2.32. The molecule has 3 atom stereocenters. The van der Waals surface area contributed by atoms with Crippen molar-refractivity contribution in [2.75, 3.05) is 32.7 Å². The molecule has 5 nitrogen and oxygen atoms in total. The molecular weight excluding hydrogens is 472 g/mol. The number of amides is 1. The fourth-order valence-corrected chi connectivity index (χ4v) is 5.74. The van der Waals surface area contributed by atoms with E-state index in [-0.39, 0.29) is 23.8 Å². The Balaban J connectivity index is 1.24. The van der Waals surface area contributed by atoms with Gasteiger partial charge in [-0.2, -0.15) is 0 Å². The van der Waals surface area contributed by atoms with Crippen molar-refractivity contribution < 1.29 is 14.7 Å². The summed E-state index contributed by atoms with van der Waals surface area (Å²) in [6, 6.07) is 10.4. The van der Waals surface area contributed by atoms with E-state index in [9.17, 15) is 14.7 Å². The average Bonchev–Trinajstić information content (AvgIpc) is 3.29. The van der Waals surface area contributed by atoms with Crippen LogP contribution in [0.15, 0.2) is 48.6 Å².